The molecule has 23 heavy (non-hydrogen) atoms. The van der Waals surface area contributed by atoms with E-state index in [-0.39, 0.29) is 0 Å². The van der Waals surface area contributed by atoms with Crippen molar-refractivity contribution in [1.82, 2.24) is 20.3 Å². The van der Waals surface area contributed by atoms with Crippen molar-refractivity contribution in [2.45, 2.75) is 0 Å². The van der Waals surface area contributed by atoms with Crippen LogP contribution in [0.5, 0.6) is 0 Å². The maximum Gasteiger partial charge on any atom is 0.150 e. The Morgan fingerprint density at radius 3 is 2.65 bits per heavy atom. The molecule has 3 heterocycles. The topological polar surface area (TPSA) is 66.0 Å². The number of pyridine rings is 1. The number of hydrogen-bond acceptors (Lipinski definition) is 6. The molecule has 0 spiro atoms. The van der Waals surface area contributed by atoms with E-state index in [1.807, 2.05) is 36.5 Å². The standard InChI is InChI=1S/C17H18N6/c1-2-4-15-14(3-1)20-12-17(21-15)22-16-11-13(5-6-19-16)23-9-7-18-8-10-23/h1-6,11-12,18H,7-10H2,(H,19,21,22). The van der Waals surface area contributed by atoms with Crippen LogP contribution in [0.1, 0.15) is 0 Å². The first-order chi connectivity index (χ1) is 11.4. The van der Waals surface area contributed by atoms with Crippen LogP contribution < -0.4 is 15.5 Å². The SMILES string of the molecule is c1ccc2nc(Nc3cc(N4CCNCC4)ccn3)cnc2c1. The molecule has 1 saturated heterocycles. The molecule has 116 valence electrons. The lowest BCUT2D eigenvalue weighted by Crippen LogP contribution is -2.43. The van der Waals surface area contributed by atoms with E-state index in [9.17, 15) is 0 Å². The molecule has 1 aliphatic rings. The van der Waals surface area contributed by atoms with Gasteiger partial charge in [0.15, 0.2) is 5.82 Å². The molecule has 0 unspecified atom stereocenters. The minimum atomic E-state index is 0.702. The third-order valence-corrected chi connectivity index (χ3v) is 3.93. The van der Waals surface area contributed by atoms with Crippen molar-refractivity contribution in [2.24, 2.45) is 0 Å². The summed E-state index contributed by atoms with van der Waals surface area (Å²) in [6.07, 6.45) is 3.57. The average Bonchev–Trinajstić information content (AvgIpc) is 2.63. The Balaban J connectivity index is 1.57. The van der Waals surface area contributed by atoms with Crippen LogP contribution in [0.2, 0.25) is 0 Å². The Kier molecular flexibility index (Phi) is 3.73. The number of para-hydroxylation sites is 2. The number of aromatic nitrogens is 3. The van der Waals surface area contributed by atoms with E-state index in [1.165, 1.54) is 5.69 Å². The zero-order chi connectivity index (χ0) is 15.5. The van der Waals surface area contributed by atoms with Crippen LogP contribution in [0.4, 0.5) is 17.3 Å². The molecule has 2 N–H and O–H groups in total. The Morgan fingerprint density at radius 1 is 0.957 bits per heavy atom. The number of nitrogens with zero attached hydrogens (tertiary/aromatic N) is 4. The number of fused-ring (bicyclic) bond motifs is 1. The Labute approximate surface area is 134 Å². The van der Waals surface area contributed by atoms with E-state index in [0.717, 1.165) is 43.0 Å². The normalized spacial score (nSPS) is 14.9. The highest BCUT2D eigenvalue weighted by atomic mass is 15.2. The van der Waals surface area contributed by atoms with Gasteiger partial charge in [-0.15, -0.1) is 0 Å². The highest BCUT2D eigenvalue weighted by molar-refractivity contribution is 5.76. The molecule has 1 aliphatic heterocycles. The molecule has 6 heteroatoms. The van der Waals surface area contributed by atoms with Crippen LogP contribution in [0, 0.1) is 0 Å². The largest absolute Gasteiger partial charge is 0.369 e. The van der Waals surface area contributed by atoms with Crippen LogP contribution in [-0.2, 0) is 0 Å². The Hall–Kier alpha value is -2.73. The van der Waals surface area contributed by atoms with Crippen molar-refractivity contribution in [3.05, 3.63) is 48.8 Å². The lowest BCUT2D eigenvalue weighted by Gasteiger charge is -2.29. The molecule has 0 bridgehead atoms. The first kappa shape index (κ1) is 13.9. The van der Waals surface area contributed by atoms with Crippen molar-refractivity contribution in [2.75, 3.05) is 36.4 Å². The first-order valence-electron chi connectivity index (χ1n) is 7.79. The monoisotopic (exact) mass is 306 g/mol. The molecule has 1 aromatic carbocycles. The maximum absolute atomic E-state index is 4.58. The minimum absolute atomic E-state index is 0.702. The highest BCUT2D eigenvalue weighted by Crippen LogP contribution is 2.20. The molecule has 0 saturated carbocycles. The van der Waals surface area contributed by atoms with Gasteiger partial charge in [-0.05, 0) is 18.2 Å². The summed E-state index contributed by atoms with van der Waals surface area (Å²) >= 11 is 0. The molecule has 3 aromatic rings. The fraction of sp³-hybridized carbons (Fsp3) is 0.235. The Morgan fingerprint density at radius 2 is 1.78 bits per heavy atom. The van der Waals surface area contributed by atoms with Gasteiger partial charge in [-0.25, -0.2) is 9.97 Å². The van der Waals surface area contributed by atoms with Crippen molar-refractivity contribution in [3.63, 3.8) is 0 Å². The Bertz CT molecular complexity index is 813. The molecule has 1 fully saturated rings. The van der Waals surface area contributed by atoms with E-state index >= 15 is 0 Å². The van der Waals surface area contributed by atoms with Gasteiger partial charge in [0, 0.05) is 44.1 Å². The quantitative estimate of drug-likeness (QED) is 0.773. The second-order valence-electron chi connectivity index (χ2n) is 5.51. The molecule has 0 aliphatic carbocycles. The summed E-state index contributed by atoms with van der Waals surface area (Å²) in [5.74, 6) is 1.49. The predicted molar refractivity (Wildman–Crippen MR) is 92.1 cm³/mol. The zero-order valence-corrected chi connectivity index (χ0v) is 12.7. The van der Waals surface area contributed by atoms with E-state index in [4.69, 9.17) is 0 Å². The molecule has 2 aromatic heterocycles. The average molecular weight is 306 g/mol. The van der Waals surface area contributed by atoms with Gasteiger partial charge in [-0.1, -0.05) is 12.1 Å². The van der Waals surface area contributed by atoms with Crippen LogP contribution in [0.25, 0.3) is 11.0 Å². The fourth-order valence-corrected chi connectivity index (χ4v) is 2.76. The lowest BCUT2D eigenvalue weighted by molar-refractivity contribution is 0.589. The van der Waals surface area contributed by atoms with E-state index < -0.39 is 0 Å². The van der Waals surface area contributed by atoms with Gasteiger partial charge in [-0.2, -0.15) is 0 Å². The van der Waals surface area contributed by atoms with E-state index in [1.54, 1.807) is 6.20 Å². The number of hydrogen-bond donors (Lipinski definition) is 2. The molecule has 4 rings (SSSR count). The van der Waals surface area contributed by atoms with Crippen LogP contribution in [-0.4, -0.2) is 41.1 Å². The number of piperazine rings is 1. The number of rotatable bonds is 3. The van der Waals surface area contributed by atoms with Gasteiger partial charge < -0.3 is 15.5 Å². The molecular weight excluding hydrogens is 288 g/mol. The third-order valence-electron chi connectivity index (χ3n) is 3.93. The van der Waals surface area contributed by atoms with E-state index in [0.29, 0.717) is 5.82 Å². The molecule has 0 amide bonds. The van der Waals surface area contributed by atoms with Crippen molar-refractivity contribution >= 4 is 28.4 Å². The van der Waals surface area contributed by atoms with E-state index in [2.05, 4.69) is 36.6 Å². The summed E-state index contributed by atoms with van der Waals surface area (Å²) < 4.78 is 0. The number of anilines is 3. The highest BCUT2D eigenvalue weighted by Gasteiger charge is 2.11. The molecular formula is C17H18N6. The van der Waals surface area contributed by atoms with Crippen LogP contribution in [0.3, 0.4) is 0 Å². The second kappa shape index (κ2) is 6.18. The molecule has 6 nitrogen and oxygen atoms in total. The first-order valence-corrected chi connectivity index (χ1v) is 7.79. The summed E-state index contributed by atoms with van der Waals surface area (Å²) in [6.45, 7) is 4.06. The zero-order valence-electron chi connectivity index (χ0n) is 12.7. The predicted octanol–water partition coefficient (Wildman–Crippen LogP) is 2.18. The van der Waals surface area contributed by atoms with Crippen molar-refractivity contribution in [1.29, 1.82) is 0 Å². The third kappa shape index (κ3) is 3.07. The van der Waals surface area contributed by atoms with Gasteiger partial charge in [-0.3, -0.25) is 4.98 Å². The summed E-state index contributed by atoms with van der Waals surface area (Å²) in [4.78, 5) is 15.7. The van der Waals surface area contributed by atoms with Crippen LogP contribution >= 0.6 is 0 Å². The van der Waals surface area contributed by atoms with Gasteiger partial charge in [0.05, 0.1) is 17.2 Å². The molecule has 0 radical (unpaired) electrons. The lowest BCUT2D eigenvalue weighted by atomic mass is 10.3. The van der Waals surface area contributed by atoms with Gasteiger partial charge in [0.2, 0.25) is 0 Å². The minimum Gasteiger partial charge on any atom is -0.369 e. The summed E-state index contributed by atoms with van der Waals surface area (Å²) in [6, 6.07) is 11.9. The van der Waals surface area contributed by atoms with Crippen molar-refractivity contribution < 1.29 is 0 Å². The van der Waals surface area contributed by atoms with Gasteiger partial charge >= 0.3 is 0 Å². The second-order valence-corrected chi connectivity index (χ2v) is 5.51. The number of nitrogens with one attached hydrogen (secondary N) is 2. The number of benzene rings is 1. The van der Waals surface area contributed by atoms with Crippen LogP contribution in [0.15, 0.2) is 48.8 Å². The summed E-state index contributed by atoms with van der Waals surface area (Å²) in [5.41, 5.74) is 2.94. The summed E-state index contributed by atoms with van der Waals surface area (Å²) in [5, 5.41) is 6.61. The smallest absolute Gasteiger partial charge is 0.150 e. The van der Waals surface area contributed by atoms with Gasteiger partial charge in [0.25, 0.3) is 0 Å². The molecule has 0 atom stereocenters. The fourth-order valence-electron chi connectivity index (χ4n) is 2.76. The van der Waals surface area contributed by atoms with Crippen molar-refractivity contribution in [3.8, 4) is 0 Å². The summed E-state index contributed by atoms with van der Waals surface area (Å²) in [7, 11) is 0. The maximum atomic E-state index is 4.58. The van der Waals surface area contributed by atoms with Gasteiger partial charge in [0.1, 0.15) is 5.82 Å².